The van der Waals surface area contributed by atoms with E-state index < -0.39 is 0 Å². The van der Waals surface area contributed by atoms with Crippen LogP contribution in [-0.2, 0) is 0 Å². The van der Waals surface area contributed by atoms with E-state index >= 15 is 0 Å². The Bertz CT molecular complexity index is 1270. The van der Waals surface area contributed by atoms with E-state index in [4.69, 9.17) is 9.15 Å². The summed E-state index contributed by atoms with van der Waals surface area (Å²) in [4.78, 5) is 27.8. The number of benzene rings is 2. The molecule has 0 aliphatic rings. The van der Waals surface area contributed by atoms with E-state index in [1.54, 1.807) is 49.7 Å². The quantitative estimate of drug-likeness (QED) is 0.378. The van der Waals surface area contributed by atoms with Gasteiger partial charge in [0.1, 0.15) is 17.2 Å². The molecule has 6 nitrogen and oxygen atoms in total. The number of rotatable bonds is 6. The fraction of sp³-hybridized carbons (Fsp3) is 0.0833. The largest absolute Gasteiger partial charge is 0.497 e. The highest BCUT2D eigenvalue weighted by Gasteiger charge is 2.11. The molecule has 1 N–H and O–H groups in total. The molecule has 0 bridgehead atoms. The lowest BCUT2D eigenvalue weighted by atomic mass is 10.1. The topological polar surface area (TPSA) is 77.2 Å². The number of ketones is 1. The van der Waals surface area contributed by atoms with E-state index in [-0.39, 0.29) is 11.5 Å². The van der Waals surface area contributed by atoms with Gasteiger partial charge in [0, 0.05) is 11.8 Å². The average molecular weight is 400 g/mol. The highest BCUT2D eigenvalue weighted by atomic mass is 16.5. The minimum absolute atomic E-state index is 0.155. The molecule has 2 aromatic carbocycles. The molecule has 0 aliphatic heterocycles. The summed E-state index contributed by atoms with van der Waals surface area (Å²) in [5.74, 6) is 1.94. The number of hydrogen-bond donors (Lipinski definition) is 1. The summed E-state index contributed by atoms with van der Waals surface area (Å²) < 4.78 is 12.2. The average Bonchev–Trinajstić information content (AvgIpc) is 3.38. The summed E-state index contributed by atoms with van der Waals surface area (Å²) in [6, 6.07) is 18.0. The van der Waals surface area contributed by atoms with Gasteiger partial charge >= 0.3 is 5.69 Å². The number of allylic oxidation sites excluding steroid dienone is 1. The first kappa shape index (κ1) is 19.3. The number of ether oxygens (including phenoxy) is 1. The van der Waals surface area contributed by atoms with E-state index in [1.165, 1.54) is 10.6 Å². The molecule has 0 unspecified atom stereocenters. The molecule has 0 amide bonds. The van der Waals surface area contributed by atoms with Gasteiger partial charge in [0.05, 0.1) is 12.8 Å². The number of methoxy groups -OCH3 is 1. The van der Waals surface area contributed by atoms with Gasteiger partial charge in [0.15, 0.2) is 11.5 Å². The number of furan rings is 1. The van der Waals surface area contributed by atoms with Crippen LogP contribution in [0.25, 0.3) is 23.2 Å². The highest BCUT2D eigenvalue weighted by molar-refractivity contribution is 6.07. The van der Waals surface area contributed by atoms with E-state index in [1.807, 2.05) is 37.3 Å². The molecule has 4 rings (SSSR count). The Kier molecular flexibility index (Phi) is 5.22. The Balaban J connectivity index is 1.58. The number of imidazole rings is 1. The van der Waals surface area contributed by atoms with Crippen molar-refractivity contribution in [1.82, 2.24) is 9.55 Å². The lowest BCUT2D eigenvalue weighted by molar-refractivity contribution is 0.104. The molecule has 0 saturated carbocycles. The molecular formula is C24H20N2O4. The number of aromatic nitrogens is 2. The van der Waals surface area contributed by atoms with Gasteiger partial charge in [0.2, 0.25) is 0 Å². The number of aryl methyl sites for hydroxylation is 1. The second-order valence-electron chi connectivity index (χ2n) is 6.77. The van der Waals surface area contributed by atoms with Gasteiger partial charge in [-0.25, -0.2) is 4.79 Å². The molecule has 2 heterocycles. The van der Waals surface area contributed by atoms with Crippen LogP contribution in [0.1, 0.15) is 21.7 Å². The van der Waals surface area contributed by atoms with Gasteiger partial charge in [-0.2, -0.15) is 0 Å². The molecule has 0 saturated heterocycles. The van der Waals surface area contributed by atoms with Gasteiger partial charge in [-0.1, -0.05) is 30.3 Å². The van der Waals surface area contributed by atoms with Gasteiger partial charge in [-0.05, 0) is 55.0 Å². The van der Waals surface area contributed by atoms with Crippen molar-refractivity contribution in [2.45, 2.75) is 6.92 Å². The monoisotopic (exact) mass is 400 g/mol. The third kappa shape index (κ3) is 4.03. The van der Waals surface area contributed by atoms with E-state index in [0.717, 1.165) is 17.1 Å². The Morgan fingerprint density at radius 2 is 1.90 bits per heavy atom. The van der Waals surface area contributed by atoms with Crippen LogP contribution in [0.15, 0.2) is 82.1 Å². The fourth-order valence-corrected chi connectivity index (χ4v) is 3.08. The van der Waals surface area contributed by atoms with Crippen LogP contribution in [0, 0.1) is 6.92 Å². The number of hydrogen-bond acceptors (Lipinski definition) is 4. The summed E-state index contributed by atoms with van der Waals surface area (Å²) in [7, 11) is 1.61. The van der Waals surface area contributed by atoms with Crippen LogP contribution in [0.3, 0.4) is 0 Å². The maximum absolute atomic E-state index is 12.6. The molecule has 6 heteroatoms. The Morgan fingerprint density at radius 3 is 2.60 bits per heavy atom. The zero-order valence-corrected chi connectivity index (χ0v) is 16.6. The number of nitrogens with zero attached hydrogens (tertiary/aromatic N) is 1. The molecule has 0 atom stereocenters. The Labute approximate surface area is 173 Å². The summed E-state index contributed by atoms with van der Waals surface area (Å²) in [6.07, 6.45) is 4.92. The van der Waals surface area contributed by atoms with Crippen molar-refractivity contribution in [2.24, 2.45) is 0 Å². The molecule has 0 radical (unpaired) electrons. The molecule has 30 heavy (non-hydrogen) atoms. The van der Waals surface area contributed by atoms with Crippen molar-refractivity contribution in [1.29, 1.82) is 0 Å². The zero-order valence-electron chi connectivity index (χ0n) is 16.6. The number of carbonyl (C=O) groups excluding carboxylic acids is 1. The summed E-state index contributed by atoms with van der Waals surface area (Å²) in [6.45, 7) is 1.84. The van der Waals surface area contributed by atoms with Crippen molar-refractivity contribution in [2.75, 3.05) is 7.11 Å². The predicted molar refractivity (Wildman–Crippen MR) is 115 cm³/mol. The van der Waals surface area contributed by atoms with Crippen LogP contribution >= 0.6 is 0 Å². The minimum atomic E-state index is -0.308. The summed E-state index contributed by atoms with van der Waals surface area (Å²) in [5.41, 5.74) is 2.23. The van der Waals surface area contributed by atoms with Gasteiger partial charge < -0.3 is 14.1 Å². The first-order valence-corrected chi connectivity index (χ1v) is 9.39. The summed E-state index contributed by atoms with van der Waals surface area (Å²) in [5, 5.41) is 0. The van der Waals surface area contributed by atoms with Gasteiger partial charge in [-0.3, -0.25) is 9.36 Å². The van der Waals surface area contributed by atoms with Crippen molar-refractivity contribution in [3.8, 4) is 22.9 Å². The van der Waals surface area contributed by atoms with Crippen LogP contribution in [0.2, 0.25) is 0 Å². The third-order valence-electron chi connectivity index (χ3n) is 4.68. The molecule has 0 aliphatic carbocycles. The maximum Gasteiger partial charge on any atom is 0.330 e. The van der Waals surface area contributed by atoms with Crippen LogP contribution in [0.4, 0.5) is 0 Å². The third-order valence-corrected chi connectivity index (χ3v) is 4.68. The lowest BCUT2D eigenvalue weighted by Crippen LogP contribution is -2.14. The van der Waals surface area contributed by atoms with E-state index in [0.29, 0.717) is 22.7 Å². The van der Waals surface area contributed by atoms with Gasteiger partial charge in [0.25, 0.3) is 0 Å². The fourth-order valence-electron chi connectivity index (χ4n) is 3.08. The standard InChI is InChI=1S/C24H20N2O4/c1-16-6-13-23(30-16)21-15-26(24(28)25-21)19-5-3-4-18(14-19)22(27)12-9-17-7-10-20(29-2)11-8-17/h3-15H,1-2H3,(H,25,28)/b12-9+. The second-order valence-corrected chi connectivity index (χ2v) is 6.77. The van der Waals surface area contributed by atoms with Crippen LogP contribution < -0.4 is 10.4 Å². The normalized spacial score (nSPS) is 11.1. The van der Waals surface area contributed by atoms with Crippen molar-refractivity contribution in [3.63, 3.8) is 0 Å². The van der Waals surface area contributed by atoms with Crippen molar-refractivity contribution in [3.05, 3.63) is 100 Å². The first-order chi connectivity index (χ1) is 14.5. The second kappa shape index (κ2) is 8.13. The molecule has 150 valence electrons. The maximum atomic E-state index is 12.6. The molecule has 2 aromatic heterocycles. The van der Waals surface area contributed by atoms with Crippen LogP contribution in [-0.4, -0.2) is 22.4 Å². The number of nitrogens with one attached hydrogen (secondary N) is 1. The zero-order chi connectivity index (χ0) is 21.1. The minimum Gasteiger partial charge on any atom is -0.497 e. The predicted octanol–water partition coefficient (Wildman–Crippen LogP) is 4.64. The molecule has 4 aromatic rings. The van der Waals surface area contributed by atoms with Crippen molar-refractivity contribution >= 4 is 11.9 Å². The summed E-state index contributed by atoms with van der Waals surface area (Å²) >= 11 is 0. The van der Waals surface area contributed by atoms with Gasteiger partial charge in [-0.15, -0.1) is 0 Å². The lowest BCUT2D eigenvalue weighted by Gasteiger charge is -2.03. The van der Waals surface area contributed by atoms with Crippen molar-refractivity contribution < 1.29 is 13.9 Å². The highest BCUT2D eigenvalue weighted by Crippen LogP contribution is 2.20. The molecular weight excluding hydrogens is 380 g/mol. The van der Waals surface area contributed by atoms with Crippen LogP contribution in [0.5, 0.6) is 5.75 Å². The molecule has 0 spiro atoms. The first-order valence-electron chi connectivity index (χ1n) is 9.39. The Morgan fingerprint density at radius 1 is 1.10 bits per heavy atom. The number of aromatic amines is 1. The molecule has 0 fully saturated rings. The number of H-pyrrole nitrogens is 1. The van der Waals surface area contributed by atoms with E-state index in [9.17, 15) is 9.59 Å². The SMILES string of the molecule is COc1ccc(/C=C/C(=O)c2cccc(-n3cc(-c4ccc(C)o4)[nH]c3=O)c2)cc1. The number of carbonyl (C=O) groups is 1. The smallest absolute Gasteiger partial charge is 0.330 e. The van der Waals surface area contributed by atoms with E-state index in [2.05, 4.69) is 4.98 Å². The Hall–Kier alpha value is -4.06.